The molecule has 1 N–H and O–H groups in total. The Morgan fingerprint density at radius 2 is 2.13 bits per heavy atom. The van der Waals surface area contributed by atoms with E-state index in [-0.39, 0.29) is 12.8 Å². The lowest BCUT2D eigenvalue weighted by Crippen LogP contribution is -2.13. The first kappa shape index (κ1) is 13.8. The summed E-state index contributed by atoms with van der Waals surface area (Å²) >= 11 is 0. The van der Waals surface area contributed by atoms with E-state index in [1.165, 1.54) is 0 Å². The number of aliphatic carboxylic acids is 1. The molecule has 0 spiro atoms. The van der Waals surface area contributed by atoms with Crippen LogP contribution >= 0.6 is 0 Å². The van der Waals surface area contributed by atoms with Crippen LogP contribution < -0.4 is 0 Å². The normalized spacial score (nSPS) is 21.3. The van der Waals surface area contributed by atoms with Crippen LogP contribution in [-0.2, 0) is 14.3 Å². The van der Waals surface area contributed by atoms with Crippen LogP contribution in [0.1, 0.15) is 19.3 Å². The molecular weight excluding hydrogens is 294 g/mol. The van der Waals surface area contributed by atoms with E-state index in [9.17, 15) is 4.79 Å². The number of hydrogen-bond donors (Lipinski definition) is 1. The van der Waals surface area contributed by atoms with E-state index in [1.807, 2.05) is 12.2 Å². The van der Waals surface area contributed by atoms with Gasteiger partial charge in [-0.1, -0.05) is 18.2 Å². The predicted molar refractivity (Wildman–Crippen MR) is 84.5 cm³/mol. The Morgan fingerprint density at radius 1 is 1.22 bits per heavy atom. The van der Waals surface area contributed by atoms with Crippen LogP contribution in [0.4, 0.5) is 0 Å². The summed E-state index contributed by atoms with van der Waals surface area (Å²) in [6.45, 7) is 0.571. The topological polar surface area (TPSA) is 68.1 Å². The third-order valence-electron chi connectivity index (χ3n) is 4.01. The summed E-state index contributed by atoms with van der Waals surface area (Å²) in [6, 6.07) is 0. The van der Waals surface area contributed by atoms with Crippen molar-refractivity contribution < 1.29 is 19.4 Å². The third kappa shape index (κ3) is 2.44. The number of aliphatic imine (C=N–C) groups is 1. The lowest BCUT2D eigenvalue weighted by molar-refractivity contribution is -0.136. The fourth-order valence-electron chi connectivity index (χ4n) is 2.95. The molecule has 23 heavy (non-hydrogen) atoms. The molecule has 116 valence electrons. The van der Waals surface area contributed by atoms with Gasteiger partial charge in [-0.05, 0) is 18.6 Å². The molecule has 0 fully saturated rings. The van der Waals surface area contributed by atoms with Crippen molar-refractivity contribution in [3.8, 4) is 0 Å². The van der Waals surface area contributed by atoms with E-state index >= 15 is 0 Å². The maximum atomic E-state index is 10.7. The van der Waals surface area contributed by atoms with E-state index in [4.69, 9.17) is 14.6 Å². The van der Waals surface area contributed by atoms with Gasteiger partial charge in [-0.25, -0.2) is 4.99 Å². The summed E-state index contributed by atoms with van der Waals surface area (Å²) in [5.41, 5.74) is 4.02. The molecule has 0 atom stereocenters. The molecule has 0 saturated carbocycles. The number of nitrogens with zero attached hydrogens (tertiary/aromatic N) is 1. The van der Waals surface area contributed by atoms with Gasteiger partial charge in [-0.15, -0.1) is 0 Å². The minimum Gasteiger partial charge on any atom is -0.488 e. The van der Waals surface area contributed by atoms with Crippen molar-refractivity contribution in [1.82, 2.24) is 0 Å². The van der Waals surface area contributed by atoms with E-state index in [2.05, 4.69) is 23.2 Å². The smallest absolute Gasteiger partial charge is 0.303 e. The van der Waals surface area contributed by atoms with Gasteiger partial charge in [0.1, 0.15) is 18.1 Å². The van der Waals surface area contributed by atoms with Crippen molar-refractivity contribution in [2.24, 2.45) is 4.99 Å². The second kappa shape index (κ2) is 5.43. The molecule has 0 saturated heterocycles. The number of rotatable bonds is 3. The van der Waals surface area contributed by atoms with Crippen molar-refractivity contribution in [2.45, 2.75) is 19.3 Å². The molecule has 5 heteroatoms. The Kier molecular flexibility index (Phi) is 3.26. The highest BCUT2D eigenvalue weighted by Gasteiger charge is 2.29. The number of hydrogen-bond acceptors (Lipinski definition) is 4. The van der Waals surface area contributed by atoms with Crippen LogP contribution in [0.2, 0.25) is 0 Å². The first-order valence-corrected chi connectivity index (χ1v) is 7.55. The first-order chi connectivity index (χ1) is 11.2. The van der Waals surface area contributed by atoms with Crippen molar-refractivity contribution in [1.29, 1.82) is 0 Å². The Labute approximate surface area is 133 Å². The molecule has 0 amide bonds. The lowest BCUT2D eigenvalue weighted by atomic mass is 10.1. The van der Waals surface area contributed by atoms with Crippen molar-refractivity contribution >= 4 is 11.9 Å². The molecule has 0 radical (unpaired) electrons. The quantitative estimate of drug-likeness (QED) is 0.869. The van der Waals surface area contributed by atoms with Crippen molar-refractivity contribution in [2.75, 3.05) is 6.61 Å². The fraction of sp³-hybridized carbons (Fsp3) is 0.222. The molecule has 0 aromatic rings. The third-order valence-corrected chi connectivity index (χ3v) is 4.01. The van der Waals surface area contributed by atoms with Gasteiger partial charge in [0.2, 0.25) is 0 Å². The largest absolute Gasteiger partial charge is 0.488 e. The summed E-state index contributed by atoms with van der Waals surface area (Å²) in [5, 5.41) is 8.82. The summed E-state index contributed by atoms with van der Waals surface area (Å²) in [6.07, 6.45) is 13.0. The molecule has 0 unspecified atom stereocenters. The highest BCUT2D eigenvalue weighted by molar-refractivity contribution is 5.84. The molecule has 5 nitrogen and oxygen atoms in total. The molecule has 0 bridgehead atoms. The minimum absolute atomic E-state index is 0.00372. The fourth-order valence-corrected chi connectivity index (χ4v) is 2.95. The van der Waals surface area contributed by atoms with Gasteiger partial charge in [-0.2, -0.15) is 0 Å². The molecule has 0 aromatic carbocycles. The number of carboxylic acid groups (broad SMARTS) is 1. The highest BCUT2D eigenvalue weighted by atomic mass is 16.5. The Hall–Kier alpha value is -2.82. The van der Waals surface area contributed by atoms with Crippen LogP contribution in [0.3, 0.4) is 0 Å². The second-order valence-electron chi connectivity index (χ2n) is 5.58. The van der Waals surface area contributed by atoms with Crippen LogP contribution in [0, 0.1) is 0 Å². The van der Waals surface area contributed by atoms with Crippen LogP contribution in [0.15, 0.2) is 75.4 Å². The Balaban J connectivity index is 1.74. The van der Waals surface area contributed by atoms with Gasteiger partial charge in [0.15, 0.2) is 5.90 Å². The number of allylic oxidation sites excluding steroid dienone is 7. The minimum atomic E-state index is -0.860. The van der Waals surface area contributed by atoms with Crippen molar-refractivity contribution in [3.63, 3.8) is 0 Å². The van der Waals surface area contributed by atoms with Gasteiger partial charge in [-0.3, -0.25) is 4.79 Å². The average Bonchev–Trinajstić information content (AvgIpc) is 2.83. The number of carboxylic acids is 1. The van der Waals surface area contributed by atoms with Crippen LogP contribution in [-0.4, -0.2) is 23.6 Å². The standard InChI is InChI=1S/C18H15NO4/c20-16(21)7-6-15-19-10-12-3-1-5-13-14(18(12)23-15)9-11-4-2-8-22-17(11)13/h1-2,4-5,9-10H,3,6-8H2,(H,20,21). The maximum absolute atomic E-state index is 10.7. The van der Waals surface area contributed by atoms with Gasteiger partial charge in [0.25, 0.3) is 0 Å². The zero-order valence-corrected chi connectivity index (χ0v) is 12.4. The van der Waals surface area contributed by atoms with E-state index in [1.54, 1.807) is 6.20 Å². The lowest BCUT2D eigenvalue weighted by Gasteiger charge is -2.18. The van der Waals surface area contributed by atoms with E-state index in [0.29, 0.717) is 12.5 Å². The first-order valence-electron chi connectivity index (χ1n) is 7.55. The molecular formula is C18H15NO4. The second-order valence-corrected chi connectivity index (χ2v) is 5.58. The monoisotopic (exact) mass is 309 g/mol. The molecule has 2 aliphatic heterocycles. The summed E-state index contributed by atoms with van der Waals surface area (Å²) in [7, 11) is 0. The maximum Gasteiger partial charge on any atom is 0.303 e. The van der Waals surface area contributed by atoms with Crippen LogP contribution in [0.5, 0.6) is 0 Å². The van der Waals surface area contributed by atoms with Crippen molar-refractivity contribution in [3.05, 3.63) is 70.4 Å². The highest BCUT2D eigenvalue weighted by Crippen LogP contribution is 2.41. The van der Waals surface area contributed by atoms with Gasteiger partial charge in [0.05, 0.1) is 6.42 Å². The van der Waals surface area contributed by atoms with Gasteiger partial charge in [0, 0.05) is 34.9 Å². The summed E-state index contributed by atoms with van der Waals surface area (Å²) in [5.74, 6) is 1.22. The number of ether oxygens (including phenoxy) is 2. The predicted octanol–water partition coefficient (Wildman–Crippen LogP) is 3.16. The Morgan fingerprint density at radius 3 is 3.00 bits per heavy atom. The average molecular weight is 309 g/mol. The van der Waals surface area contributed by atoms with E-state index < -0.39 is 5.97 Å². The Bertz CT molecular complexity index is 803. The molecule has 2 heterocycles. The van der Waals surface area contributed by atoms with Crippen LogP contribution in [0.25, 0.3) is 0 Å². The molecule has 0 aromatic heterocycles. The molecule has 4 rings (SSSR count). The number of fused-ring (bicyclic) bond motifs is 3. The molecule has 4 aliphatic rings. The van der Waals surface area contributed by atoms with Gasteiger partial charge >= 0.3 is 5.97 Å². The SMILES string of the molecule is O=C(O)CCC1=NC=C2CC=CC3=C4OCC=CC4=CC3=C2O1. The number of carbonyl (C=O) groups is 1. The summed E-state index contributed by atoms with van der Waals surface area (Å²) in [4.78, 5) is 15.0. The van der Waals surface area contributed by atoms with Gasteiger partial charge < -0.3 is 14.6 Å². The molecule has 2 aliphatic carbocycles. The zero-order valence-electron chi connectivity index (χ0n) is 12.4. The zero-order chi connectivity index (χ0) is 15.8. The summed E-state index contributed by atoms with van der Waals surface area (Å²) < 4.78 is 11.7. The van der Waals surface area contributed by atoms with E-state index in [0.717, 1.165) is 40.2 Å².